The smallest absolute Gasteiger partial charge is 0.228 e. The molecule has 0 spiro atoms. The number of Topliss-reactive ketones (excluding diaryl/α,β-unsaturated/α-hetero) is 2. The van der Waals surface area contributed by atoms with Gasteiger partial charge in [-0.3, -0.25) is 9.59 Å². The Morgan fingerprint density at radius 3 is 2.12 bits per heavy atom. The standard InChI is InChI=1S/C13H14O4/c1-5-6-7-9-8(2)10(14)12(16-3)13(17-4)11(9)15/h1,5-6H,7H2,2-4H3/b6-5-. The SMILES string of the molecule is [CH]/C=C\CC1=C(C)C(=O)C(OC)=C(OC)C1=O. The molecule has 1 rings (SSSR count). The second-order valence-electron chi connectivity index (χ2n) is 3.46. The number of allylic oxidation sites excluding steroid dienone is 4. The van der Waals surface area contributed by atoms with E-state index in [2.05, 4.69) is 0 Å². The Balaban J connectivity index is 3.23. The molecule has 0 saturated carbocycles. The quantitative estimate of drug-likeness (QED) is 0.693. The molecule has 0 N–H and O–H groups in total. The van der Waals surface area contributed by atoms with E-state index in [1.165, 1.54) is 20.3 Å². The predicted octanol–water partition coefficient (Wildman–Crippen LogP) is 1.62. The van der Waals surface area contributed by atoms with Crippen LogP contribution < -0.4 is 0 Å². The molecular weight excluding hydrogens is 220 g/mol. The van der Waals surface area contributed by atoms with Crippen LogP contribution in [0, 0.1) is 6.92 Å². The molecule has 4 nitrogen and oxygen atoms in total. The summed E-state index contributed by atoms with van der Waals surface area (Å²) in [6, 6.07) is 0. The van der Waals surface area contributed by atoms with Crippen LogP contribution in [0.15, 0.2) is 34.8 Å². The van der Waals surface area contributed by atoms with Crippen LogP contribution in [0.1, 0.15) is 13.3 Å². The topological polar surface area (TPSA) is 52.6 Å². The molecule has 1 aliphatic rings. The number of ether oxygens (including phenoxy) is 2. The maximum absolute atomic E-state index is 12.0. The minimum absolute atomic E-state index is 0.0459. The molecular formula is C13H14O4. The van der Waals surface area contributed by atoms with Crippen LogP contribution in [0.5, 0.6) is 0 Å². The van der Waals surface area contributed by atoms with Crippen LogP contribution in [-0.2, 0) is 19.1 Å². The summed E-state index contributed by atoms with van der Waals surface area (Å²) in [5.74, 6) is -0.761. The Hall–Kier alpha value is -1.84. The average molecular weight is 234 g/mol. The van der Waals surface area contributed by atoms with Gasteiger partial charge >= 0.3 is 0 Å². The molecule has 0 amide bonds. The second-order valence-corrected chi connectivity index (χ2v) is 3.46. The van der Waals surface area contributed by atoms with Crippen LogP contribution in [0.4, 0.5) is 0 Å². The van der Waals surface area contributed by atoms with Crippen molar-refractivity contribution in [1.29, 1.82) is 0 Å². The lowest BCUT2D eigenvalue weighted by Crippen LogP contribution is -2.24. The van der Waals surface area contributed by atoms with Gasteiger partial charge in [-0.15, -0.1) is 0 Å². The van der Waals surface area contributed by atoms with Crippen LogP contribution in [-0.4, -0.2) is 25.8 Å². The Bertz CT molecular complexity index is 438. The van der Waals surface area contributed by atoms with Crippen molar-refractivity contribution in [3.63, 3.8) is 0 Å². The Morgan fingerprint density at radius 2 is 1.65 bits per heavy atom. The van der Waals surface area contributed by atoms with E-state index in [4.69, 9.17) is 16.4 Å². The average Bonchev–Trinajstić information content (AvgIpc) is 2.33. The highest BCUT2D eigenvalue weighted by Crippen LogP contribution is 2.27. The molecule has 0 aromatic carbocycles. The third-order valence-electron chi connectivity index (χ3n) is 2.55. The number of ketones is 2. The lowest BCUT2D eigenvalue weighted by atomic mass is 9.91. The van der Waals surface area contributed by atoms with E-state index < -0.39 is 0 Å². The largest absolute Gasteiger partial charge is 0.489 e. The van der Waals surface area contributed by atoms with E-state index in [1.54, 1.807) is 13.0 Å². The number of hydrogen-bond donors (Lipinski definition) is 0. The van der Waals surface area contributed by atoms with Gasteiger partial charge in [0.05, 0.1) is 14.2 Å². The summed E-state index contributed by atoms with van der Waals surface area (Å²) in [4.78, 5) is 24.0. The third-order valence-corrected chi connectivity index (χ3v) is 2.55. The van der Waals surface area contributed by atoms with Gasteiger partial charge in [0.25, 0.3) is 0 Å². The summed E-state index contributed by atoms with van der Waals surface area (Å²) >= 11 is 0. The number of carbonyl (C=O) groups excluding carboxylic acids is 2. The first-order chi connectivity index (χ1) is 8.08. The van der Waals surface area contributed by atoms with Gasteiger partial charge in [0.15, 0.2) is 0 Å². The van der Waals surface area contributed by atoms with Crippen molar-refractivity contribution in [2.24, 2.45) is 0 Å². The Kier molecular flexibility index (Phi) is 4.26. The van der Waals surface area contributed by atoms with E-state index in [-0.39, 0.29) is 23.1 Å². The first-order valence-corrected chi connectivity index (χ1v) is 5.06. The minimum atomic E-state index is -0.334. The lowest BCUT2D eigenvalue weighted by molar-refractivity contribution is -0.121. The molecule has 90 valence electrons. The number of hydrogen-bond acceptors (Lipinski definition) is 4. The summed E-state index contributed by atoms with van der Waals surface area (Å²) in [7, 11) is 2.66. The molecule has 0 saturated heterocycles. The number of methoxy groups -OCH3 is 2. The molecule has 1 aliphatic carbocycles. The van der Waals surface area contributed by atoms with Gasteiger partial charge in [0.1, 0.15) is 0 Å². The Labute approximate surface area is 101 Å². The van der Waals surface area contributed by atoms with Gasteiger partial charge in [-0.1, -0.05) is 12.2 Å². The van der Waals surface area contributed by atoms with Crippen molar-refractivity contribution in [3.05, 3.63) is 41.7 Å². The Morgan fingerprint density at radius 1 is 1.12 bits per heavy atom. The van der Waals surface area contributed by atoms with Crippen molar-refractivity contribution in [3.8, 4) is 0 Å². The van der Waals surface area contributed by atoms with E-state index >= 15 is 0 Å². The molecule has 0 heterocycles. The molecule has 0 fully saturated rings. The van der Waals surface area contributed by atoms with Gasteiger partial charge in [-0.25, -0.2) is 0 Å². The van der Waals surface area contributed by atoms with Crippen molar-refractivity contribution >= 4 is 11.6 Å². The first kappa shape index (κ1) is 13.2. The number of carbonyl (C=O) groups is 2. The molecule has 0 aliphatic heterocycles. The molecule has 0 atom stereocenters. The maximum Gasteiger partial charge on any atom is 0.228 e. The van der Waals surface area contributed by atoms with Crippen LogP contribution in [0.3, 0.4) is 0 Å². The van der Waals surface area contributed by atoms with Crippen LogP contribution in [0.2, 0.25) is 0 Å². The van der Waals surface area contributed by atoms with E-state index in [1.807, 2.05) is 0 Å². The number of rotatable bonds is 4. The molecule has 0 bridgehead atoms. The molecule has 0 unspecified atom stereocenters. The summed E-state index contributed by atoms with van der Waals surface area (Å²) in [5.41, 5.74) is 0.750. The third kappa shape index (κ3) is 2.30. The first-order valence-electron chi connectivity index (χ1n) is 5.06. The van der Waals surface area contributed by atoms with Crippen molar-refractivity contribution in [1.82, 2.24) is 0 Å². The van der Waals surface area contributed by atoms with Gasteiger partial charge in [0, 0.05) is 11.1 Å². The zero-order chi connectivity index (χ0) is 13.0. The van der Waals surface area contributed by atoms with Crippen LogP contribution in [0.25, 0.3) is 0 Å². The van der Waals surface area contributed by atoms with Gasteiger partial charge in [0.2, 0.25) is 23.1 Å². The van der Waals surface area contributed by atoms with Gasteiger partial charge in [-0.2, -0.15) is 0 Å². The predicted molar refractivity (Wildman–Crippen MR) is 61.8 cm³/mol. The molecule has 0 aromatic rings. The summed E-state index contributed by atoms with van der Waals surface area (Å²) in [6.45, 7) is 6.81. The summed E-state index contributed by atoms with van der Waals surface area (Å²) in [6.07, 6.45) is 3.24. The fourth-order valence-electron chi connectivity index (χ4n) is 1.62. The van der Waals surface area contributed by atoms with Crippen molar-refractivity contribution in [2.75, 3.05) is 14.2 Å². The van der Waals surface area contributed by atoms with E-state index in [0.29, 0.717) is 17.6 Å². The van der Waals surface area contributed by atoms with Crippen LogP contribution >= 0.6 is 0 Å². The molecule has 17 heavy (non-hydrogen) atoms. The molecule has 0 aromatic heterocycles. The van der Waals surface area contributed by atoms with Gasteiger partial charge < -0.3 is 9.47 Å². The lowest BCUT2D eigenvalue weighted by Gasteiger charge is -2.19. The molecule has 2 radical (unpaired) electrons. The normalized spacial score (nSPS) is 17.2. The summed E-state index contributed by atoms with van der Waals surface area (Å²) in [5, 5.41) is 0. The zero-order valence-electron chi connectivity index (χ0n) is 10.1. The minimum Gasteiger partial charge on any atom is -0.489 e. The van der Waals surface area contributed by atoms with Crippen molar-refractivity contribution in [2.45, 2.75) is 13.3 Å². The highest BCUT2D eigenvalue weighted by atomic mass is 16.5. The van der Waals surface area contributed by atoms with E-state index in [0.717, 1.165) is 0 Å². The maximum atomic E-state index is 12.0. The fraction of sp³-hybridized carbons (Fsp3) is 0.308. The van der Waals surface area contributed by atoms with E-state index in [9.17, 15) is 9.59 Å². The zero-order valence-corrected chi connectivity index (χ0v) is 10.1. The van der Waals surface area contributed by atoms with Crippen molar-refractivity contribution < 1.29 is 19.1 Å². The highest BCUT2D eigenvalue weighted by Gasteiger charge is 2.33. The summed E-state index contributed by atoms with van der Waals surface area (Å²) < 4.78 is 9.84. The van der Waals surface area contributed by atoms with Gasteiger partial charge in [-0.05, 0) is 20.3 Å². The monoisotopic (exact) mass is 234 g/mol. The fourth-order valence-corrected chi connectivity index (χ4v) is 1.62. The second kappa shape index (κ2) is 5.48. The highest BCUT2D eigenvalue weighted by molar-refractivity contribution is 6.23. The molecule has 4 heteroatoms.